The minimum Gasteiger partial charge on any atom is -0.326 e. The van der Waals surface area contributed by atoms with E-state index in [0.717, 1.165) is 16.8 Å². The third-order valence-electron chi connectivity index (χ3n) is 2.47. The summed E-state index contributed by atoms with van der Waals surface area (Å²) in [6.07, 6.45) is 1.94. The highest BCUT2D eigenvalue weighted by atomic mass is 15.2. The van der Waals surface area contributed by atoms with E-state index in [1.165, 1.54) is 5.56 Å². The fraction of sp³-hybridized carbons (Fsp3) is 0.250. The largest absolute Gasteiger partial charge is 0.326 e. The molecule has 3 heteroatoms. The maximum absolute atomic E-state index is 5.71. The first-order chi connectivity index (χ1) is 7.20. The van der Waals surface area contributed by atoms with Crippen LogP contribution >= 0.6 is 0 Å². The van der Waals surface area contributed by atoms with Gasteiger partial charge in [0.25, 0.3) is 0 Å². The van der Waals surface area contributed by atoms with Gasteiger partial charge in [-0.25, -0.2) is 0 Å². The number of rotatable bonds is 2. The molecule has 15 heavy (non-hydrogen) atoms. The zero-order chi connectivity index (χ0) is 10.8. The highest BCUT2D eigenvalue weighted by Crippen LogP contribution is 2.22. The van der Waals surface area contributed by atoms with E-state index in [9.17, 15) is 0 Å². The summed E-state index contributed by atoms with van der Waals surface area (Å²) in [5, 5.41) is 4.39. The standard InChI is InChI=1S/C12H15N3/c1-9-3-4-10(8-13)11(7-9)12-5-6-15(2)14-12/h3-7H,8,13H2,1-2H3. The maximum Gasteiger partial charge on any atom is 0.0926 e. The molecular formula is C12H15N3. The first kappa shape index (κ1) is 9.93. The van der Waals surface area contributed by atoms with Gasteiger partial charge >= 0.3 is 0 Å². The van der Waals surface area contributed by atoms with Crippen molar-refractivity contribution in [3.63, 3.8) is 0 Å². The Morgan fingerprint density at radius 2 is 2.13 bits per heavy atom. The molecule has 2 rings (SSSR count). The summed E-state index contributed by atoms with van der Waals surface area (Å²) in [6, 6.07) is 8.28. The van der Waals surface area contributed by atoms with Gasteiger partial charge in [0.1, 0.15) is 0 Å². The van der Waals surface area contributed by atoms with Crippen molar-refractivity contribution in [3.05, 3.63) is 41.6 Å². The zero-order valence-corrected chi connectivity index (χ0v) is 9.07. The van der Waals surface area contributed by atoms with Crippen LogP contribution in [-0.2, 0) is 13.6 Å². The average Bonchev–Trinajstić information content (AvgIpc) is 2.65. The van der Waals surface area contributed by atoms with Gasteiger partial charge in [-0.2, -0.15) is 5.10 Å². The van der Waals surface area contributed by atoms with E-state index in [-0.39, 0.29) is 0 Å². The number of nitrogens with two attached hydrogens (primary N) is 1. The fourth-order valence-electron chi connectivity index (χ4n) is 1.67. The van der Waals surface area contributed by atoms with E-state index in [1.807, 2.05) is 19.3 Å². The van der Waals surface area contributed by atoms with Crippen molar-refractivity contribution in [1.82, 2.24) is 9.78 Å². The normalized spacial score (nSPS) is 10.6. The third-order valence-corrected chi connectivity index (χ3v) is 2.47. The minimum atomic E-state index is 0.548. The number of aryl methyl sites for hydroxylation is 2. The Kier molecular flexibility index (Phi) is 2.56. The van der Waals surface area contributed by atoms with Gasteiger partial charge in [-0.15, -0.1) is 0 Å². The molecule has 0 fully saturated rings. The molecule has 0 unspecified atom stereocenters. The predicted octanol–water partition coefficient (Wildman–Crippen LogP) is 1.85. The fourth-order valence-corrected chi connectivity index (χ4v) is 1.67. The van der Waals surface area contributed by atoms with E-state index in [0.29, 0.717) is 6.54 Å². The van der Waals surface area contributed by atoms with Crippen LogP contribution in [0.25, 0.3) is 11.3 Å². The lowest BCUT2D eigenvalue weighted by molar-refractivity contribution is 0.770. The molecule has 0 aliphatic rings. The summed E-state index contributed by atoms with van der Waals surface area (Å²) in [4.78, 5) is 0. The summed E-state index contributed by atoms with van der Waals surface area (Å²) in [7, 11) is 1.92. The van der Waals surface area contributed by atoms with Crippen LogP contribution < -0.4 is 5.73 Å². The summed E-state index contributed by atoms with van der Waals surface area (Å²) >= 11 is 0. The van der Waals surface area contributed by atoms with Gasteiger partial charge in [0.15, 0.2) is 0 Å². The van der Waals surface area contributed by atoms with Crippen LogP contribution in [0.1, 0.15) is 11.1 Å². The second kappa shape index (κ2) is 3.87. The van der Waals surface area contributed by atoms with Crippen LogP contribution in [0.2, 0.25) is 0 Å². The van der Waals surface area contributed by atoms with Gasteiger partial charge in [-0.1, -0.05) is 17.7 Å². The molecule has 0 bridgehead atoms. The van der Waals surface area contributed by atoms with E-state index >= 15 is 0 Å². The molecule has 0 spiro atoms. The highest BCUT2D eigenvalue weighted by molar-refractivity contribution is 5.64. The van der Waals surface area contributed by atoms with Crippen molar-refractivity contribution >= 4 is 0 Å². The van der Waals surface area contributed by atoms with E-state index in [1.54, 1.807) is 4.68 Å². The Hall–Kier alpha value is -1.61. The second-order valence-electron chi connectivity index (χ2n) is 3.74. The predicted molar refractivity (Wildman–Crippen MR) is 61.3 cm³/mol. The number of hydrogen-bond acceptors (Lipinski definition) is 2. The van der Waals surface area contributed by atoms with Gasteiger partial charge < -0.3 is 5.73 Å². The van der Waals surface area contributed by atoms with Crippen LogP contribution in [0.4, 0.5) is 0 Å². The molecule has 0 radical (unpaired) electrons. The van der Waals surface area contributed by atoms with Gasteiger partial charge in [0.2, 0.25) is 0 Å². The molecular weight excluding hydrogens is 186 g/mol. The lowest BCUT2D eigenvalue weighted by Crippen LogP contribution is -2.00. The highest BCUT2D eigenvalue weighted by Gasteiger charge is 2.06. The van der Waals surface area contributed by atoms with Crippen molar-refractivity contribution in [2.45, 2.75) is 13.5 Å². The summed E-state index contributed by atoms with van der Waals surface area (Å²) in [5.41, 5.74) is 10.2. The molecule has 0 aliphatic carbocycles. The molecule has 2 N–H and O–H groups in total. The molecule has 3 nitrogen and oxygen atoms in total. The Bertz CT molecular complexity index is 471. The van der Waals surface area contributed by atoms with Gasteiger partial charge in [0.05, 0.1) is 5.69 Å². The van der Waals surface area contributed by atoms with Crippen molar-refractivity contribution in [3.8, 4) is 11.3 Å². The molecule has 78 valence electrons. The Labute approximate surface area is 89.5 Å². The second-order valence-corrected chi connectivity index (χ2v) is 3.74. The minimum absolute atomic E-state index is 0.548. The van der Waals surface area contributed by atoms with E-state index in [4.69, 9.17) is 5.73 Å². The summed E-state index contributed by atoms with van der Waals surface area (Å²) < 4.78 is 1.80. The van der Waals surface area contributed by atoms with Crippen LogP contribution in [0.5, 0.6) is 0 Å². The molecule has 0 saturated carbocycles. The number of nitrogens with zero attached hydrogens (tertiary/aromatic N) is 2. The number of aromatic nitrogens is 2. The molecule has 1 aromatic carbocycles. The summed E-state index contributed by atoms with van der Waals surface area (Å²) in [5.74, 6) is 0. The first-order valence-electron chi connectivity index (χ1n) is 5.00. The quantitative estimate of drug-likeness (QED) is 0.806. The van der Waals surface area contributed by atoms with Crippen LogP contribution in [-0.4, -0.2) is 9.78 Å². The smallest absolute Gasteiger partial charge is 0.0926 e. The van der Waals surface area contributed by atoms with Crippen molar-refractivity contribution < 1.29 is 0 Å². The van der Waals surface area contributed by atoms with Gasteiger partial charge in [0, 0.05) is 25.4 Å². The Morgan fingerprint density at radius 1 is 1.33 bits per heavy atom. The first-order valence-corrected chi connectivity index (χ1v) is 5.00. The molecule has 0 amide bonds. The molecule has 1 aromatic heterocycles. The molecule has 0 aliphatic heterocycles. The maximum atomic E-state index is 5.71. The Balaban J connectivity index is 2.55. The van der Waals surface area contributed by atoms with Gasteiger partial charge in [-0.05, 0) is 24.6 Å². The topological polar surface area (TPSA) is 43.8 Å². The van der Waals surface area contributed by atoms with E-state index < -0.39 is 0 Å². The zero-order valence-electron chi connectivity index (χ0n) is 9.07. The van der Waals surface area contributed by atoms with E-state index in [2.05, 4.69) is 30.2 Å². The van der Waals surface area contributed by atoms with Gasteiger partial charge in [-0.3, -0.25) is 4.68 Å². The summed E-state index contributed by atoms with van der Waals surface area (Å²) in [6.45, 7) is 2.62. The third kappa shape index (κ3) is 1.92. The molecule has 2 aromatic rings. The number of hydrogen-bond donors (Lipinski definition) is 1. The van der Waals surface area contributed by atoms with Crippen molar-refractivity contribution in [2.75, 3.05) is 0 Å². The lowest BCUT2D eigenvalue weighted by Gasteiger charge is -2.06. The average molecular weight is 201 g/mol. The van der Waals surface area contributed by atoms with Crippen molar-refractivity contribution in [2.24, 2.45) is 12.8 Å². The molecule has 0 atom stereocenters. The van der Waals surface area contributed by atoms with Crippen LogP contribution in [0.15, 0.2) is 30.5 Å². The van der Waals surface area contributed by atoms with Crippen LogP contribution in [0.3, 0.4) is 0 Å². The monoisotopic (exact) mass is 201 g/mol. The SMILES string of the molecule is Cc1ccc(CN)c(-c2ccn(C)n2)c1. The molecule has 1 heterocycles. The number of benzene rings is 1. The van der Waals surface area contributed by atoms with Crippen molar-refractivity contribution in [1.29, 1.82) is 0 Å². The Morgan fingerprint density at radius 3 is 2.73 bits per heavy atom. The lowest BCUT2D eigenvalue weighted by atomic mass is 10.0. The molecule has 0 saturated heterocycles. The van der Waals surface area contributed by atoms with Crippen LogP contribution in [0, 0.1) is 6.92 Å².